The Labute approximate surface area is 164 Å². The lowest BCUT2D eigenvalue weighted by Gasteiger charge is -2.33. The van der Waals surface area contributed by atoms with E-state index in [1.54, 1.807) is 6.20 Å². The minimum absolute atomic E-state index is 0.257. The van der Waals surface area contributed by atoms with E-state index in [1.807, 2.05) is 6.07 Å². The Kier molecular flexibility index (Phi) is 6.70. The number of alkyl halides is 2. The molecule has 2 aromatic heterocycles. The topological polar surface area (TPSA) is 131 Å². The normalized spacial score (nSPS) is 18.8. The molecule has 11 heteroatoms. The molecule has 28 heavy (non-hydrogen) atoms. The van der Waals surface area contributed by atoms with Gasteiger partial charge in [0.05, 0.1) is 23.3 Å². The van der Waals surface area contributed by atoms with E-state index in [-0.39, 0.29) is 5.92 Å². The van der Waals surface area contributed by atoms with Crippen LogP contribution in [0.4, 0.5) is 14.6 Å². The molecule has 0 amide bonds. The summed E-state index contributed by atoms with van der Waals surface area (Å²) in [6.07, 6.45) is 4.47. The summed E-state index contributed by atoms with van der Waals surface area (Å²) < 4.78 is 36.0. The second-order valence-corrected chi connectivity index (χ2v) is 7.63. The van der Waals surface area contributed by atoms with E-state index in [4.69, 9.17) is 10.5 Å². The number of allylic oxidation sites excluding steroid dienone is 1. The first-order valence-corrected chi connectivity index (χ1v) is 10.1. The minimum Gasteiger partial charge on any atom is -0.598 e. The fourth-order valence-corrected chi connectivity index (χ4v) is 3.84. The smallest absolute Gasteiger partial charge is 0.279 e. The molecule has 1 fully saturated rings. The molecule has 150 valence electrons. The van der Waals surface area contributed by atoms with Crippen LogP contribution in [0.1, 0.15) is 18.7 Å². The standard InChI is InChI=1S/C17H21F2N7OS/c18-17(19)12(20)3-4-15-22-7-14(25-15)13-6-16(24-10-23-13)26-5-1-2-11(8-26)9-28(21)27/h3-4,6-7,10-11,17,20H,1-2,5,8-9,21H2,(H,22,25)/b4-3-,20-12?. The molecule has 0 bridgehead atoms. The number of piperidine rings is 1. The van der Waals surface area contributed by atoms with Crippen molar-refractivity contribution in [2.24, 2.45) is 11.1 Å². The zero-order chi connectivity index (χ0) is 20.1. The fraction of sp³-hybridized carbons (Fsp3) is 0.412. The van der Waals surface area contributed by atoms with Crippen LogP contribution in [0.3, 0.4) is 0 Å². The largest absolute Gasteiger partial charge is 0.598 e. The lowest BCUT2D eigenvalue weighted by atomic mass is 10.00. The van der Waals surface area contributed by atoms with E-state index >= 15 is 0 Å². The number of nitrogens with zero attached hydrogens (tertiary/aromatic N) is 4. The Hall–Kier alpha value is -2.37. The Bertz CT molecular complexity index is 842. The molecule has 1 aliphatic heterocycles. The van der Waals surface area contributed by atoms with Crippen molar-refractivity contribution in [1.29, 1.82) is 5.41 Å². The molecular formula is C17H21F2N7OS. The maximum atomic E-state index is 12.4. The number of aromatic amines is 1. The van der Waals surface area contributed by atoms with Crippen molar-refractivity contribution in [3.63, 3.8) is 0 Å². The Balaban J connectivity index is 1.72. The highest BCUT2D eigenvalue weighted by molar-refractivity contribution is 7.89. The van der Waals surface area contributed by atoms with Crippen LogP contribution in [0.5, 0.6) is 0 Å². The van der Waals surface area contributed by atoms with Gasteiger partial charge < -0.3 is 14.4 Å². The highest BCUT2D eigenvalue weighted by Crippen LogP contribution is 2.25. The Morgan fingerprint density at radius 3 is 3.04 bits per heavy atom. The third kappa shape index (κ3) is 5.33. The number of halogens is 2. The minimum atomic E-state index is -2.82. The van der Waals surface area contributed by atoms with Crippen molar-refractivity contribution in [2.45, 2.75) is 19.3 Å². The predicted octanol–water partition coefficient (Wildman–Crippen LogP) is 2.00. The molecule has 8 nitrogen and oxygen atoms in total. The number of nitrogens with one attached hydrogen (secondary N) is 2. The van der Waals surface area contributed by atoms with Crippen LogP contribution in [-0.2, 0) is 11.4 Å². The Morgan fingerprint density at radius 2 is 2.29 bits per heavy atom. The molecule has 3 heterocycles. The number of H-pyrrole nitrogens is 1. The van der Waals surface area contributed by atoms with Gasteiger partial charge in [0.25, 0.3) is 6.43 Å². The van der Waals surface area contributed by atoms with Crippen molar-refractivity contribution >= 4 is 29.0 Å². The van der Waals surface area contributed by atoms with Crippen molar-refractivity contribution in [3.8, 4) is 11.4 Å². The molecule has 2 atom stereocenters. The fourth-order valence-electron chi connectivity index (χ4n) is 3.10. The van der Waals surface area contributed by atoms with Crippen LogP contribution >= 0.6 is 0 Å². The van der Waals surface area contributed by atoms with Gasteiger partial charge in [0.1, 0.15) is 23.7 Å². The maximum Gasteiger partial charge on any atom is 0.279 e. The van der Waals surface area contributed by atoms with Crippen LogP contribution in [0, 0.1) is 11.3 Å². The first-order chi connectivity index (χ1) is 13.4. The molecule has 0 spiro atoms. The summed E-state index contributed by atoms with van der Waals surface area (Å²) >= 11 is -1.32. The van der Waals surface area contributed by atoms with Crippen molar-refractivity contribution < 1.29 is 13.3 Å². The summed E-state index contributed by atoms with van der Waals surface area (Å²) in [5.74, 6) is 1.83. The molecule has 4 N–H and O–H groups in total. The highest BCUT2D eigenvalue weighted by Gasteiger charge is 2.24. The average Bonchev–Trinajstić information content (AvgIpc) is 3.15. The second-order valence-electron chi connectivity index (χ2n) is 6.53. The second kappa shape index (κ2) is 9.22. The number of aromatic nitrogens is 4. The lowest BCUT2D eigenvalue weighted by Crippen LogP contribution is -2.39. The van der Waals surface area contributed by atoms with E-state index in [2.05, 4.69) is 24.8 Å². The summed E-state index contributed by atoms with van der Waals surface area (Å²) in [4.78, 5) is 17.8. The van der Waals surface area contributed by atoms with Gasteiger partial charge in [0, 0.05) is 36.4 Å². The van der Waals surface area contributed by atoms with Gasteiger partial charge in [0.15, 0.2) is 0 Å². The first kappa shape index (κ1) is 20.4. The number of hydrogen-bond acceptors (Lipinski definition) is 7. The first-order valence-electron chi connectivity index (χ1n) is 8.72. The molecule has 3 rings (SSSR count). The van der Waals surface area contributed by atoms with Crippen LogP contribution in [0.25, 0.3) is 17.5 Å². The summed E-state index contributed by atoms with van der Waals surface area (Å²) in [6.45, 7) is 1.57. The maximum absolute atomic E-state index is 12.4. The summed E-state index contributed by atoms with van der Waals surface area (Å²) in [5, 5.41) is 12.6. The van der Waals surface area contributed by atoms with Gasteiger partial charge in [0.2, 0.25) is 0 Å². The number of imidazole rings is 1. The molecule has 2 aromatic rings. The van der Waals surface area contributed by atoms with Gasteiger partial charge in [-0.3, -0.25) is 5.41 Å². The van der Waals surface area contributed by atoms with Crippen LogP contribution < -0.4 is 10.0 Å². The molecule has 1 saturated heterocycles. The lowest BCUT2D eigenvalue weighted by molar-refractivity contribution is 0.226. The zero-order valence-corrected chi connectivity index (χ0v) is 15.8. The average molecular weight is 409 g/mol. The molecule has 1 aliphatic rings. The van der Waals surface area contributed by atoms with Gasteiger partial charge in [-0.2, -0.15) is 5.14 Å². The molecule has 0 aromatic carbocycles. The summed E-state index contributed by atoms with van der Waals surface area (Å²) in [7, 11) is 0. The van der Waals surface area contributed by atoms with Gasteiger partial charge in [-0.1, -0.05) is 0 Å². The van der Waals surface area contributed by atoms with E-state index in [0.717, 1.165) is 37.8 Å². The van der Waals surface area contributed by atoms with Crippen LogP contribution in [0.15, 0.2) is 24.7 Å². The number of hydrogen-bond donors (Lipinski definition) is 3. The third-order valence-corrected chi connectivity index (χ3v) is 5.22. The molecule has 0 aliphatic carbocycles. The van der Waals surface area contributed by atoms with E-state index in [1.165, 1.54) is 12.4 Å². The number of rotatable bonds is 7. The van der Waals surface area contributed by atoms with E-state index < -0.39 is 23.5 Å². The SMILES string of the molecule is N=C(/C=C\c1ncc(-c2cc(N3CCCC(C[S+](N)[O-])C3)ncn2)[nH]1)C(F)F. The number of nitrogens with two attached hydrogens (primary N) is 1. The number of anilines is 1. The Morgan fingerprint density at radius 1 is 1.46 bits per heavy atom. The third-order valence-electron chi connectivity index (χ3n) is 4.42. The monoisotopic (exact) mass is 409 g/mol. The van der Waals surface area contributed by atoms with E-state index in [0.29, 0.717) is 23.0 Å². The van der Waals surface area contributed by atoms with Crippen molar-refractivity contribution in [1.82, 2.24) is 19.9 Å². The zero-order valence-electron chi connectivity index (χ0n) is 15.0. The van der Waals surface area contributed by atoms with Crippen LogP contribution in [-0.4, -0.2) is 55.5 Å². The van der Waals surface area contributed by atoms with E-state index in [9.17, 15) is 13.3 Å². The van der Waals surface area contributed by atoms with Gasteiger partial charge in [-0.05, 0) is 25.0 Å². The highest BCUT2D eigenvalue weighted by atomic mass is 32.2. The van der Waals surface area contributed by atoms with Crippen molar-refractivity contribution in [2.75, 3.05) is 23.7 Å². The van der Waals surface area contributed by atoms with Gasteiger partial charge >= 0.3 is 0 Å². The molecule has 0 saturated carbocycles. The predicted molar refractivity (Wildman–Crippen MR) is 105 cm³/mol. The summed E-state index contributed by atoms with van der Waals surface area (Å²) in [6, 6.07) is 1.82. The molecule has 0 radical (unpaired) electrons. The van der Waals surface area contributed by atoms with Gasteiger partial charge in [-0.25, -0.2) is 23.7 Å². The van der Waals surface area contributed by atoms with Crippen LogP contribution in [0.2, 0.25) is 0 Å². The molecular weight excluding hydrogens is 388 g/mol. The molecule has 2 unspecified atom stereocenters. The quantitative estimate of drug-likeness (QED) is 0.474. The van der Waals surface area contributed by atoms with Gasteiger partial charge in [-0.15, -0.1) is 0 Å². The van der Waals surface area contributed by atoms with Crippen molar-refractivity contribution in [3.05, 3.63) is 30.5 Å². The summed E-state index contributed by atoms with van der Waals surface area (Å²) in [5.41, 5.74) is 0.453.